The molecule has 4 nitrogen and oxygen atoms in total. The SMILES string of the molecule is Cc1ccccc1OC(C)CN=C(N)N.I. The van der Waals surface area contributed by atoms with Crippen molar-refractivity contribution in [1.82, 2.24) is 0 Å². The normalized spacial score (nSPS) is 11.1. The molecule has 0 aliphatic heterocycles. The third kappa shape index (κ3) is 5.20. The Morgan fingerprint density at radius 1 is 1.38 bits per heavy atom. The Balaban J connectivity index is 0.00000225. The van der Waals surface area contributed by atoms with E-state index < -0.39 is 0 Å². The summed E-state index contributed by atoms with van der Waals surface area (Å²) in [5.41, 5.74) is 11.6. The Hall–Kier alpha value is -0.980. The second-order valence-electron chi connectivity index (χ2n) is 3.46. The highest BCUT2D eigenvalue weighted by Crippen LogP contribution is 2.17. The number of nitrogens with zero attached hydrogens (tertiary/aromatic N) is 1. The van der Waals surface area contributed by atoms with Gasteiger partial charge in [0.15, 0.2) is 5.96 Å². The summed E-state index contributed by atoms with van der Waals surface area (Å²) in [6.07, 6.45) is -0.0341. The van der Waals surface area contributed by atoms with Crippen molar-refractivity contribution in [2.45, 2.75) is 20.0 Å². The average Bonchev–Trinajstić information content (AvgIpc) is 2.18. The molecule has 16 heavy (non-hydrogen) atoms. The smallest absolute Gasteiger partial charge is 0.186 e. The van der Waals surface area contributed by atoms with E-state index >= 15 is 0 Å². The van der Waals surface area contributed by atoms with E-state index in [1.54, 1.807) is 0 Å². The molecular weight excluding hydrogens is 317 g/mol. The lowest BCUT2D eigenvalue weighted by atomic mass is 10.2. The number of guanidine groups is 1. The molecule has 1 atom stereocenters. The molecule has 1 aromatic carbocycles. The first-order valence-electron chi connectivity index (χ1n) is 4.87. The van der Waals surface area contributed by atoms with Crippen LogP contribution in [0.5, 0.6) is 5.75 Å². The third-order valence-corrected chi connectivity index (χ3v) is 1.95. The number of hydrogen-bond donors (Lipinski definition) is 2. The largest absolute Gasteiger partial charge is 0.489 e. The molecule has 0 saturated carbocycles. The second kappa shape index (κ2) is 7.32. The van der Waals surface area contributed by atoms with Gasteiger partial charge in [0.05, 0.1) is 6.54 Å². The van der Waals surface area contributed by atoms with E-state index in [4.69, 9.17) is 16.2 Å². The summed E-state index contributed by atoms with van der Waals surface area (Å²) in [6.45, 7) is 4.40. The van der Waals surface area contributed by atoms with Crippen LogP contribution in [0.25, 0.3) is 0 Å². The molecule has 0 aliphatic carbocycles. The van der Waals surface area contributed by atoms with Crippen molar-refractivity contribution >= 4 is 29.9 Å². The van der Waals surface area contributed by atoms with Crippen LogP contribution in [-0.2, 0) is 0 Å². The lowest BCUT2D eigenvalue weighted by Gasteiger charge is -2.14. The zero-order chi connectivity index (χ0) is 11.3. The fraction of sp³-hybridized carbons (Fsp3) is 0.364. The Labute approximate surface area is 113 Å². The molecular formula is C11H18IN3O. The van der Waals surface area contributed by atoms with E-state index in [0.717, 1.165) is 11.3 Å². The van der Waals surface area contributed by atoms with E-state index in [-0.39, 0.29) is 36.0 Å². The molecule has 5 heteroatoms. The van der Waals surface area contributed by atoms with Gasteiger partial charge >= 0.3 is 0 Å². The van der Waals surface area contributed by atoms with Crippen LogP contribution in [-0.4, -0.2) is 18.6 Å². The molecule has 0 heterocycles. The van der Waals surface area contributed by atoms with Crippen LogP contribution in [0.15, 0.2) is 29.3 Å². The summed E-state index contributed by atoms with van der Waals surface area (Å²) in [5, 5.41) is 0. The molecule has 0 saturated heterocycles. The summed E-state index contributed by atoms with van der Waals surface area (Å²) in [5.74, 6) is 0.964. The van der Waals surface area contributed by atoms with Crippen molar-refractivity contribution in [3.63, 3.8) is 0 Å². The molecule has 4 N–H and O–H groups in total. The van der Waals surface area contributed by atoms with Crippen molar-refractivity contribution in [1.29, 1.82) is 0 Å². The number of para-hydroxylation sites is 1. The van der Waals surface area contributed by atoms with Gasteiger partial charge in [-0.3, -0.25) is 0 Å². The Morgan fingerprint density at radius 3 is 2.56 bits per heavy atom. The zero-order valence-corrected chi connectivity index (χ0v) is 11.8. The Bertz CT molecular complexity index is 351. The number of hydrogen-bond acceptors (Lipinski definition) is 2. The fourth-order valence-corrected chi connectivity index (χ4v) is 1.18. The number of benzene rings is 1. The molecule has 0 fully saturated rings. The minimum Gasteiger partial charge on any atom is -0.489 e. The van der Waals surface area contributed by atoms with Crippen LogP contribution >= 0.6 is 24.0 Å². The first-order valence-corrected chi connectivity index (χ1v) is 4.87. The van der Waals surface area contributed by atoms with Gasteiger partial charge in [-0.15, -0.1) is 24.0 Å². The molecule has 1 aromatic rings. The van der Waals surface area contributed by atoms with E-state index in [1.807, 2.05) is 38.1 Å². The van der Waals surface area contributed by atoms with Gasteiger partial charge in [0.2, 0.25) is 0 Å². The van der Waals surface area contributed by atoms with E-state index in [0.29, 0.717) is 6.54 Å². The van der Waals surface area contributed by atoms with E-state index in [9.17, 15) is 0 Å². The fourth-order valence-electron chi connectivity index (χ4n) is 1.18. The van der Waals surface area contributed by atoms with E-state index in [2.05, 4.69) is 4.99 Å². The van der Waals surface area contributed by atoms with Crippen molar-refractivity contribution < 1.29 is 4.74 Å². The maximum absolute atomic E-state index is 5.68. The first kappa shape index (κ1) is 15.0. The molecule has 1 unspecified atom stereocenters. The van der Waals surface area contributed by atoms with Crippen LogP contribution in [0.1, 0.15) is 12.5 Å². The molecule has 90 valence electrons. The summed E-state index contributed by atoms with van der Waals surface area (Å²) in [4.78, 5) is 3.90. The van der Waals surface area contributed by atoms with Crippen LogP contribution < -0.4 is 16.2 Å². The molecule has 1 rings (SSSR count). The average molecular weight is 335 g/mol. The summed E-state index contributed by atoms with van der Waals surface area (Å²) in [7, 11) is 0. The monoisotopic (exact) mass is 335 g/mol. The van der Waals surface area contributed by atoms with Gasteiger partial charge in [0.25, 0.3) is 0 Å². The quantitative estimate of drug-likeness (QED) is 0.499. The summed E-state index contributed by atoms with van der Waals surface area (Å²) < 4.78 is 5.68. The van der Waals surface area contributed by atoms with Crippen molar-refractivity contribution in [2.24, 2.45) is 16.5 Å². The highest BCUT2D eigenvalue weighted by atomic mass is 127. The van der Waals surface area contributed by atoms with Crippen molar-refractivity contribution in [3.05, 3.63) is 29.8 Å². The first-order chi connectivity index (χ1) is 7.09. The second-order valence-corrected chi connectivity index (χ2v) is 3.46. The summed E-state index contributed by atoms with van der Waals surface area (Å²) in [6, 6.07) is 7.85. The standard InChI is InChI=1S/C11H17N3O.HI/c1-8-5-3-4-6-10(8)15-9(2)7-14-11(12)13;/h3-6,9H,7H2,1-2H3,(H4,12,13,14);1H. The number of nitrogens with two attached hydrogens (primary N) is 2. The number of halogens is 1. The Morgan fingerprint density at radius 2 is 2.00 bits per heavy atom. The molecule has 0 amide bonds. The van der Waals surface area contributed by atoms with Gasteiger partial charge in [-0.1, -0.05) is 18.2 Å². The van der Waals surface area contributed by atoms with Gasteiger partial charge < -0.3 is 16.2 Å². The molecule has 0 radical (unpaired) electrons. The van der Waals surface area contributed by atoms with Crippen LogP contribution in [0.2, 0.25) is 0 Å². The maximum Gasteiger partial charge on any atom is 0.186 e. The van der Waals surface area contributed by atoms with Crippen LogP contribution in [0.4, 0.5) is 0 Å². The van der Waals surface area contributed by atoms with E-state index in [1.165, 1.54) is 0 Å². The molecule has 0 aliphatic rings. The van der Waals surface area contributed by atoms with Gasteiger partial charge in [-0.25, -0.2) is 4.99 Å². The number of rotatable bonds is 4. The van der Waals surface area contributed by atoms with Crippen LogP contribution in [0, 0.1) is 6.92 Å². The maximum atomic E-state index is 5.68. The van der Waals surface area contributed by atoms with Crippen molar-refractivity contribution in [2.75, 3.05) is 6.54 Å². The van der Waals surface area contributed by atoms with Crippen LogP contribution in [0.3, 0.4) is 0 Å². The minimum atomic E-state index is -0.0341. The minimum absolute atomic E-state index is 0. The highest BCUT2D eigenvalue weighted by Gasteiger charge is 2.04. The predicted octanol–water partition coefficient (Wildman–Crippen LogP) is 1.65. The molecule has 0 spiro atoms. The topological polar surface area (TPSA) is 73.6 Å². The highest BCUT2D eigenvalue weighted by molar-refractivity contribution is 14.0. The van der Waals surface area contributed by atoms with Crippen molar-refractivity contribution in [3.8, 4) is 5.75 Å². The Kier molecular flexibility index (Phi) is 6.87. The number of ether oxygens (including phenoxy) is 1. The van der Waals surface area contributed by atoms with Gasteiger partial charge in [-0.2, -0.15) is 0 Å². The predicted molar refractivity (Wildman–Crippen MR) is 77.4 cm³/mol. The third-order valence-electron chi connectivity index (χ3n) is 1.95. The van der Waals surface area contributed by atoms with Gasteiger partial charge in [-0.05, 0) is 25.5 Å². The molecule has 0 aromatic heterocycles. The number of aryl methyl sites for hydroxylation is 1. The lowest BCUT2D eigenvalue weighted by molar-refractivity contribution is 0.229. The van der Waals surface area contributed by atoms with Gasteiger partial charge in [0, 0.05) is 0 Å². The summed E-state index contributed by atoms with van der Waals surface area (Å²) >= 11 is 0. The number of aliphatic imine (C=N–C) groups is 1. The molecule has 0 bridgehead atoms. The van der Waals surface area contributed by atoms with Gasteiger partial charge in [0.1, 0.15) is 11.9 Å². The lowest BCUT2D eigenvalue weighted by Crippen LogP contribution is -2.26. The zero-order valence-electron chi connectivity index (χ0n) is 9.51.